The van der Waals surface area contributed by atoms with Crippen molar-refractivity contribution in [3.63, 3.8) is 0 Å². The number of hydrogen-bond acceptors (Lipinski definition) is 4. The summed E-state index contributed by atoms with van der Waals surface area (Å²) in [5.41, 5.74) is 1.24. The second kappa shape index (κ2) is 6.21. The second-order valence-electron chi connectivity index (χ2n) is 5.49. The molecule has 1 aromatic rings. The van der Waals surface area contributed by atoms with Crippen LogP contribution in [-0.4, -0.2) is 62.5 Å². The van der Waals surface area contributed by atoms with Crippen LogP contribution in [0.15, 0.2) is 24.3 Å². The first-order chi connectivity index (χ1) is 10.2. The second-order valence-corrected chi connectivity index (χ2v) is 7.40. The highest BCUT2D eigenvalue weighted by Gasteiger charge is 2.35. The predicted octanol–water partition coefficient (Wildman–Crippen LogP) is 0.302. The van der Waals surface area contributed by atoms with E-state index in [9.17, 15) is 22.7 Å². The van der Waals surface area contributed by atoms with Gasteiger partial charge in [0.05, 0.1) is 18.5 Å². The van der Waals surface area contributed by atoms with E-state index < -0.39 is 34.8 Å². The van der Waals surface area contributed by atoms with Crippen molar-refractivity contribution in [3.05, 3.63) is 29.8 Å². The number of alkyl halides is 1. The Hall–Kier alpha value is -1.67. The van der Waals surface area contributed by atoms with Gasteiger partial charge in [0.1, 0.15) is 18.8 Å². The molecule has 122 valence electrons. The molecule has 0 bridgehead atoms. The zero-order chi connectivity index (χ0) is 16.5. The van der Waals surface area contributed by atoms with E-state index in [1.807, 2.05) is 13.0 Å². The number of carbonyl (C=O) groups is 1. The van der Waals surface area contributed by atoms with Gasteiger partial charge in [-0.25, -0.2) is 12.8 Å². The van der Waals surface area contributed by atoms with Gasteiger partial charge in [-0.05, 0) is 24.6 Å². The van der Waals surface area contributed by atoms with Crippen molar-refractivity contribution in [2.45, 2.75) is 19.2 Å². The number of anilines is 1. The van der Waals surface area contributed by atoms with Crippen molar-refractivity contribution in [2.24, 2.45) is 0 Å². The zero-order valence-electron chi connectivity index (χ0n) is 12.4. The standard InChI is InChI=1S/C14H19FN2O4S/c1-10-4-3-5-11(6-10)17(22(2,20)21)9-14(19)16-7-12(15)13(18)8-16/h3-6,12-13,18H,7-9H2,1-2H3/t12-,13-/m1/s1. The monoisotopic (exact) mass is 330 g/mol. The number of rotatable bonds is 4. The quantitative estimate of drug-likeness (QED) is 0.861. The molecule has 1 N–H and O–H groups in total. The molecule has 1 saturated heterocycles. The SMILES string of the molecule is Cc1cccc(N(CC(=O)N2C[C@@H](O)[C@H](F)C2)S(C)(=O)=O)c1. The Morgan fingerprint density at radius 1 is 1.45 bits per heavy atom. The number of likely N-dealkylation sites (tertiary alicyclic amines) is 1. The first kappa shape index (κ1) is 16.7. The number of hydrogen-bond donors (Lipinski definition) is 1. The summed E-state index contributed by atoms with van der Waals surface area (Å²) < 4.78 is 38.2. The summed E-state index contributed by atoms with van der Waals surface area (Å²) in [6, 6.07) is 6.77. The van der Waals surface area contributed by atoms with Crippen LogP contribution in [0.2, 0.25) is 0 Å². The topological polar surface area (TPSA) is 77.9 Å². The van der Waals surface area contributed by atoms with Crippen LogP contribution in [0.5, 0.6) is 0 Å². The number of β-amino-alcohol motifs (C(OH)–C–C–N with tert-alkyl or cyclic N) is 1. The lowest BCUT2D eigenvalue weighted by molar-refractivity contribution is -0.128. The molecule has 0 aliphatic carbocycles. The molecule has 0 unspecified atom stereocenters. The molecule has 1 aliphatic heterocycles. The summed E-state index contributed by atoms with van der Waals surface area (Å²) >= 11 is 0. The molecule has 22 heavy (non-hydrogen) atoms. The van der Waals surface area contributed by atoms with Crippen LogP contribution in [0.4, 0.5) is 10.1 Å². The molecule has 2 atom stereocenters. The molecular formula is C14H19FN2O4S. The average Bonchev–Trinajstić information content (AvgIpc) is 2.74. The molecule has 8 heteroatoms. The Balaban J connectivity index is 2.20. The number of amides is 1. The maximum Gasteiger partial charge on any atom is 0.243 e. The molecule has 2 rings (SSSR count). The molecule has 0 saturated carbocycles. The number of aliphatic hydroxyl groups excluding tert-OH is 1. The summed E-state index contributed by atoms with van der Waals surface area (Å²) in [5, 5.41) is 9.36. The third-order valence-electron chi connectivity index (χ3n) is 3.54. The normalized spacial score (nSPS) is 21.9. The van der Waals surface area contributed by atoms with Crippen LogP contribution >= 0.6 is 0 Å². The predicted molar refractivity (Wildman–Crippen MR) is 80.9 cm³/mol. The molecule has 1 fully saturated rings. The minimum atomic E-state index is -3.66. The van der Waals surface area contributed by atoms with E-state index in [4.69, 9.17) is 0 Å². The highest BCUT2D eigenvalue weighted by atomic mass is 32.2. The van der Waals surface area contributed by atoms with Crippen molar-refractivity contribution < 1.29 is 22.7 Å². The Labute approximate surface area is 129 Å². The lowest BCUT2D eigenvalue weighted by Crippen LogP contribution is -2.42. The van der Waals surface area contributed by atoms with Gasteiger partial charge >= 0.3 is 0 Å². The van der Waals surface area contributed by atoms with E-state index >= 15 is 0 Å². The van der Waals surface area contributed by atoms with Crippen molar-refractivity contribution >= 4 is 21.6 Å². The maximum absolute atomic E-state index is 13.3. The van der Waals surface area contributed by atoms with E-state index in [2.05, 4.69) is 0 Å². The average molecular weight is 330 g/mol. The number of benzene rings is 1. The summed E-state index contributed by atoms with van der Waals surface area (Å²) in [6.45, 7) is 1.06. The van der Waals surface area contributed by atoms with Crippen LogP contribution in [0.25, 0.3) is 0 Å². The third-order valence-corrected chi connectivity index (χ3v) is 4.68. The Kier molecular flexibility index (Phi) is 4.72. The fraction of sp³-hybridized carbons (Fsp3) is 0.500. The van der Waals surface area contributed by atoms with E-state index in [0.717, 1.165) is 21.0 Å². The molecule has 1 aromatic carbocycles. The number of sulfonamides is 1. The Morgan fingerprint density at radius 2 is 2.14 bits per heavy atom. The number of carbonyl (C=O) groups excluding carboxylic acids is 1. The van der Waals surface area contributed by atoms with Crippen LogP contribution in [0.1, 0.15) is 5.56 Å². The molecule has 1 amide bonds. The van der Waals surface area contributed by atoms with Gasteiger partial charge in [0.25, 0.3) is 0 Å². The highest BCUT2D eigenvalue weighted by molar-refractivity contribution is 7.92. The molecule has 0 aromatic heterocycles. The Bertz CT molecular complexity index is 655. The highest BCUT2D eigenvalue weighted by Crippen LogP contribution is 2.20. The molecule has 6 nitrogen and oxygen atoms in total. The largest absolute Gasteiger partial charge is 0.388 e. The van der Waals surface area contributed by atoms with Gasteiger partial charge in [-0.1, -0.05) is 12.1 Å². The minimum Gasteiger partial charge on any atom is -0.388 e. The molecule has 0 spiro atoms. The first-order valence-electron chi connectivity index (χ1n) is 6.83. The van der Waals surface area contributed by atoms with E-state index in [-0.39, 0.29) is 13.1 Å². The van der Waals surface area contributed by atoms with Crippen molar-refractivity contribution in [1.29, 1.82) is 0 Å². The van der Waals surface area contributed by atoms with E-state index in [1.165, 1.54) is 0 Å². The van der Waals surface area contributed by atoms with Crippen LogP contribution in [-0.2, 0) is 14.8 Å². The van der Waals surface area contributed by atoms with Crippen molar-refractivity contribution in [2.75, 3.05) is 30.2 Å². The molecular weight excluding hydrogens is 311 g/mol. The fourth-order valence-electron chi connectivity index (χ4n) is 2.36. The van der Waals surface area contributed by atoms with Gasteiger partial charge in [-0.3, -0.25) is 9.10 Å². The van der Waals surface area contributed by atoms with Gasteiger partial charge in [0.2, 0.25) is 15.9 Å². The summed E-state index contributed by atoms with van der Waals surface area (Å²) in [5.74, 6) is -0.536. The number of halogens is 1. The Morgan fingerprint density at radius 3 is 2.64 bits per heavy atom. The molecule has 0 radical (unpaired) electrons. The summed E-state index contributed by atoms with van der Waals surface area (Å²) in [6.07, 6.45) is -1.69. The van der Waals surface area contributed by atoms with Gasteiger partial charge in [-0.15, -0.1) is 0 Å². The van der Waals surface area contributed by atoms with Gasteiger partial charge in [0.15, 0.2) is 0 Å². The summed E-state index contributed by atoms with van der Waals surface area (Å²) in [7, 11) is -3.66. The lowest BCUT2D eigenvalue weighted by atomic mass is 10.2. The van der Waals surface area contributed by atoms with Crippen LogP contribution in [0, 0.1) is 6.92 Å². The van der Waals surface area contributed by atoms with Crippen LogP contribution < -0.4 is 4.31 Å². The van der Waals surface area contributed by atoms with Gasteiger partial charge < -0.3 is 10.0 Å². The van der Waals surface area contributed by atoms with Crippen LogP contribution in [0.3, 0.4) is 0 Å². The van der Waals surface area contributed by atoms with E-state index in [0.29, 0.717) is 5.69 Å². The van der Waals surface area contributed by atoms with Gasteiger partial charge in [-0.2, -0.15) is 0 Å². The number of nitrogens with zero attached hydrogens (tertiary/aromatic N) is 2. The third kappa shape index (κ3) is 3.75. The molecule has 1 heterocycles. The maximum atomic E-state index is 13.3. The minimum absolute atomic E-state index is 0.120. The number of aryl methyl sites for hydroxylation is 1. The van der Waals surface area contributed by atoms with Crippen molar-refractivity contribution in [3.8, 4) is 0 Å². The van der Waals surface area contributed by atoms with E-state index in [1.54, 1.807) is 18.2 Å². The number of aliphatic hydroxyl groups is 1. The first-order valence-corrected chi connectivity index (χ1v) is 8.67. The smallest absolute Gasteiger partial charge is 0.243 e. The van der Waals surface area contributed by atoms with Gasteiger partial charge in [0, 0.05) is 6.54 Å². The zero-order valence-corrected chi connectivity index (χ0v) is 13.3. The lowest BCUT2D eigenvalue weighted by Gasteiger charge is -2.25. The van der Waals surface area contributed by atoms with Crippen molar-refractivity contribution in [1.82, 2.24) is 4.90 Å². The fourth-order valence-corrected chi connectivity index (χ4v) is 3.20. The summed E-state index contributed by atoms with van der Waals surface area (Å²) in [4.78, 5) is 13.3. The molecule has 1 aliphatic rings.